The molecular weight excluding hydrogens is 218 g/mol. The standard InChI is InChI=1S/C10H10F2N2O2/c1-14-9-6(12)2-5(11)3-8(9)16-4-7(13)10(14)15/h2-3,7H,4,13H2,1H3/p+1. The van der Waals surface area contributed by atoms with Crippen LogP contribution in [0.4, 0.5) is 14.5 Å². The zero-order chi connectivity index (χ0) is 11.9. The van der Waals surface area contributed by atoms with Crippen molar-refractivity contribution >= 4 is 11.6 Å². The largest absolute Gasteiger partial charge is 0.484 e. The number of halogens is 2. The van der Waals surface area contributed by atoms with E-state index in [1.165, 1.54) is 7.05 Å². The maximum atomic E-state index is 13.5. The van der Waals surface area contributed by atoms with Crippen molar-refractivity contribution in [1.29, 1.82) is 0 Å². The molecule has 1 atom stereocenters. The summed E-state index contributed by atoms with van der Waals surface area (Å²) in [6.45, 7) is 0.0130. The first-order chi connectivity index (χ1) is 7.50. The Bertz CT molecular complexity index is 451. The summed E-state index contributed by atoms with van der Waals surface area (Å²) in [6.07, 6.45) is 0. The third kappa shape index (κ3) is 1.61. The third-order valence-electron chi connectivity index (χ3n) is 2.45. The van der Waals surface area contributed by atoms with Crippen molar-refractivity contribution in [1.82, 2.24) is 0 Å². The highest BCUT2D eigenvalue weighted by Gasteiger charge is 2.31. The summed E-state index contributed by atoms with van der Waals surface area (Å²) in [7, 11) is 1.41. The predicted molar refractivity (Wildman–Crippen MR) is 51.9 cm³/mol. The van der Waals surface area contributed by atoms with E-state index in [2.05, 4.69) is 5.73 Å². The first-order valence-corrected chi connectivity index (χ1v) is 4.73. The lowest BCUT2D eigenvalue weighted by Crippen LogP contribution is -2.69. The number of ether oxygens (including phenoxy) is 1. The van der Waals surface area contributed by atoms with Gasteiger partial charge < -0.3 is 15.4 Å². The lowest BCUT2D eigenvalue weighted by atomic mass is 10.2. The van der Waals surface area contributed by atoms with E-state index in [0.717, 1.165) is 17.0 Å². The number of carbonyl (C=O) groups excluding carboxylic acids is 1. The van der Waals surface area contributed by atoms with E-state index in [9.17, 15) is 13.6 Å². The van der Waals surface area contributed by atoms with E-state index in [-0.39, 0.29) is 24.0 Å². The second-order valence-electron chi connectivity index (χ2n) is 3.64. The van der Waals surface area contributed by atoms with E-state index in [4.69, 9.17) is 4.74 Å². The Hall–Kier alpha value is -1.69. The second-order valence-corrected chi connectivity index (χ2v) is 3.64. The highest BCUT2D eigenvalue weighted by Crippen LogP contribution is 2.33. The quantitative estimate of drug-likeness (QED) is 0.677. The molecule has 0 aliphatic carbocycles. The summed E-state index contributed by atoms with van der Waals surface area (Å²) < 4.78 is 31.7. The minimum Gasteiger partial charge on any atom is -0.484 e. The Kier molecular flexibility index (Phi) is 2.51. The maximum Gasteiger partial charge on any atom is 0.288 e. The van der Waals surface area contributed by atoms with Crippen molar-refractivity contribution in [3.63, 3.8) is 0 Å². The molecule has 0 saturated heterocycles. The van der Waals surface area contributed by atoms with Gasteiger partial charge in [-0.2, -0.15) is 0 Å². The van der Waals surface area contributed by atoms with Gasteiger partial charge in [0.1, 0.15) is 23.9 Å². The number of rotatable bonds is 0. The summed E-state index contributed by atoms with van der Waals surface area (Å²) in [5.74, 6) is -1.89. The first-order valence-electron chi connectivity index (χ1n) is 4.73. The van der Waals surface area contributed by atoms with E-state index < -0.39 is 17.7 Å². The van der Waals surface area contributed by atoms with Crippen LogP contribution in [0.1, 0.15) is 0 Å². The van der Waals surface area contributed by atoms with Crippen molar-refractivity contribution in [3.05, 3.63) is 23.8 Å². The van der Waals surface area contributed by atoms with Gasteiger partial charge in [-0.25, -0.2) is 8.78 Å². The normalized spacial score (nSPS) is 20.1. The molecule has 0 bridgehead atoms. The molecule has 2 rings (SSSR count). The lowest BCUT2D eigenvalue weighted by molar-refractivity contribution is -0.406. The molecule has 3 N–H and O–H groups in total. The number of likely N-dealkylation sites (N-methyl/N-ethyl adjacent to an activating group) is 1. The molecule has 1 aromatic carbocycles. The lowest BCUT2D eigenvalue weighted by Gasteiger charge is -2.16. The minimum absolute atomic E-state index is 0.0130. The number of anilines is 1. The molecule has 6 heteroatoms. The molecular formula is C10H11F2N2O2+. The molecule has 1 aliphatic rings. The van der Waals surface area contributed by atoms with Gasteiger partial charge in [0.05, 0.1) is 0 Å². The summed E-state index contributed by atoms with van der Waals surface area (Å²) in [6, 6.07) is 1.15. The monoisotopic (exact) mass is 229 g/mol. The summed E-state index contributed by atoms with van der Waals surface area (Å²) >= 11 is 0. The van der Waals surface area contributed by atoms with Crippen molar-refractivity contribution in [2.45, 2.75) is 6.04 Å². The molecule has 0 fully saturated rings. The maximum absolute atomic E-state index is 13.5. The van der Waals surface area contributed by atoms with Crippen molar-refractivity contribution in [2.75, 3.05) is 18.6 Å². The zero-order valence-electron chi connectivity index (χ0n) is 8.67. The van der Waals surface area contributed by atoms with Gasteiger partial charge in [0.15, 0.2) is 11.9 Å². The van der Waals surface area contributed by atoms with Crippen molar-refractivity contribution in [3.8, 4) is 5.75 Å². The minimum atomic E-state index is -0.819. The molecule has 1 unspecified atom stereocenters. The molecule has 4 nitrogen and oxygen atoms in total. The van der Waals surface area contributed by atoms with Gasteiger partial charge in [0.25, 0.3) is 5.91 Å². The molecule has 0 saturated carbocycles. The Morgan fingerprint density at radius 3 is 2.88 bits per heavy atom. The van der Waals surface area contributed by atoms with Gasteiger partial charge in [-0.05, 0) is 0 Å². The number of hydrogen-bond donors (Lipinski definition) is 1. The van der Waals surface area contributed by atoms with Crippen LogP contribution < -0.4 is 15.4 Å². The Morgan fingerprint density at radius 1 is 1.50 bits per heavy atom. The fourth-order valence-electron chi connectivity index (χ4n) is 1.62. The van der Waals surface area contributed by atoms with E-state index in [0.29, 0.717) is 0 Å². The van der Waals surface area contributed by atoms with Crippen LogP contribution in [0.2, 0.25) is 0 Å². The van der Waals surface area contributed by atoms with Gasteiger partial charge in [-0.1, -0.05) is 0 Å². The van der Waals surface area contributed by atoms with Crippen LogP contribution in [0.3, 0.4) is 0 Å². The molecule has 86 valence electrons. The fraction of sp³-hybridized carbons (Fsp3) is 0.300. The average Bonchev–Trinajstić information content (AvgIpc) is 2.31. The molecule has 1 aromatic rings. The van der Waals surface area contributed by atoms with Crippen LogP contribution in [0.25, 0.3) is 0 Å². The van der Waals surface area contributed by atoms with E-state index in [1.807, 2.05) is 0 Å². The number of carbonyl (C=O) groups is 1. The van der Waals surface area contributed by atoms with Crippen LogP contribution in [0.5, 0.6) is 5.75 Å². The predicted octanol–water partition coefficient (Wildman–Crippen LogP) is -0.0695. The fourth-order valence-corrected chi connectivity index (χ4v) is 1.62. The number of fused-ring (bicyclic) bond motifs is 1. The number of nitrogens with zero attached hydrogens (tertiary/aromatic N) is 1. The van der Waals surface area contributed by atoms with E-state index >= 15 is 0 Å². The highest BCUT2D eigenvalue weighted by atomic mass is 19.1. The van der Waals surface area contributed by atoms with Crippen molar-refractivity contribution < 1.29 is 24.0 Å². The second kappa shape index (κ2) is 3.71. The smallest absolute Gasteiger partial charge is 0.288 e. The van der Waals surface area contributed by atoms with Gasteiger partial charge in [0, 0.05) is 19.2 Å². The SMILES string of the molecule is CN1C(=O)C([NH3+])COc2cc(F)cc(F)c21. The van der Waals surface area contributed by atoms with Crippen LogP contribution in [0, 0.1) is 11.6 Å². The van der Waals surface area contributed by atoms with Crippen molar-refractivity contribution in [2.24, 2.45) is 0 Å². The molecule has 0 aromatic heterocycles. The van der Waals surface area contributed by atoms with E-state index in [1.54, 1.807) is 0 Å². The average molecular weight is 229 g/mol. The highest BCUT2D eigenvalue weighted by molar-refractivity contribution is 5.97. The number of hydrogen-bond acceptors (Lipinski definition) is 2. The summed E-state index contributed by atoms with van der Waals surface area (Å²) in [4.78, 5) is 12.8. The van der Waals surface area contributed by atoms with Crippen LogP contribution in [0.15, 0.2) is 12.1 Å². The van der Waals surface area contributed by atoms with Crippen LogP contribution in [-0.2, 0) is 4.79 Å². The number of quaternary nitrogens is 1. The topological polar surface area (TPSA) is 57.2 Å². The van der Waals surface area contributed by atoms with Gasteiger partial charge in [-0.3, -0.25) is 4.79 Å². The van der Waals surface area contributed by atoms with Gasteiger partial charge in [0.2, 0.25) is 0 Å². The van der Waals surface area contributed by atoms with Crippen LogP contribution >= 0.6 is 0 Å². The molecule has 1 amide bonds. The van der Waals surface area contributed by atoms with Crippen LogP contribution in [-0.4, -0.2) is 25.6 Å². The Morgan fingerprint density at radius 2 is 2.19 bits per heavy atom. The zero-order valence-corrected chi connectivity index (χ0v) is 8.67. The molecule has 1 heterocycles. The molecule has 0 spiro atoms. The molecule has 1 aliphatic heterocycles. The Balaban J connectivity index is 2.57. The summed E-state index contributed by atoms with van der Waals surface area (Å²) in [5.41, 5.74) is 3.55. The third-order valence-corrected chi connectivity index (χ3v) is 2.45. The molecule has 16 heavy (non-hydrogen) atoms. The number of amides is 1. The van der Waals surface area contributed by atoms with Gasteiger partial charge in [-0.15, -0.1) is 0 Å². The van der Waals surface area contributed by atoms with Gasteiger partial charge >= 0.3 is 0 Å². The Labute approximate surface area is 90.6 Å². The first kappa shape index (κ1) is 10.8. The number of benzene rings is 1. The summed E-state index contributed by atoms with van der Waals surface area (Å²) in [5, 5.41) is 0. The molecule has 0 radical (unpaired) electrons.